The Hall–Kier alpha value is -2.71. The van der Waals surface area contributed by atoms with Crippen LogP contribution in [0.3, 0.4) is 0 Å². The Labute approximate surface area is 183 Å². The van der Waals surface area contributed by atoms with Crippen LogP contribution in [0.2, 0.25) is 0 Å². The van der Waals surface area contributed by atoms with Crippen molar-refractivity contribution in [1.29, 1.82) is 0 Å². The molecule has 1 aliphatic rings. The third-order valence-corrected chi connectivity index (χ3v) is 7.42. The molecule has 1 saturated heterocycles. The van der Waals surface area contributed by atoms with Gasteiger partial charge in [0.15, 0.2) is 0 Å². The summed E-state index contributed by atoms with van der Waals surface area (Å²) in [6.07, 6.45) is 5.43. The molecule has 31 heavy (non-hydrogen) atoms. The quantitative estimate of drug-likeness (QED) is 0.508. The zero-order chi connectivity index (χ0) is 21.5. The van der Waals surface area contributed by atoms with E-state index in [1.807, 2.05) is 66.9 Å². The summed E-state index contributed by atoms with van der Waals surface area (Å²) < 4.78 is 35.4. The first kappa shape index (κ1) is 21.5. The van der Waals surface area contributed by atoms with Gasteiger partial charge in [0, 0.05) is 19.1 Å². The molecule has 0 spiro atoms. The Morgan fingerprint density at radius 2 is 1.74 bits per heavy atom. The number of hydrogen-bond acceptors (Lipinski definition) is 5. The van der Waals surface area contributed by atoms with Gasteiger partial charge in [-0.05, 0) is 37.0 Å². The summed E-state index contributed by atoms with van der Waals surface area (Å²) in [7, 11) is -3.36. The summed E-state index contributed by atoms with van der Waals surface area (Å²) in [5.41, 5.74) is 1.58. The topological polar surface area (TPSA) is 77.3 Å². The van der Waals surface area contributed by atoms with Gasteiger partial charge < -0.3 is 4.74 Å². The number of nitrogens with zero attached hydrogens (tertiary/aromatic N) is 4. The molecule has 0 saturated carbocycles. The monoisotopic (exact) mass is 440 g/mol. The van der Waals surface area contributed by atoms with Crippen LogP contribution in [0.4, 0.5) is 0 Å². The number of benzene rings is 2. The average molecular weight is 441 g/mol. The van der Waals surface area contributed by atoms with Crippen LogP contribution in [0.25, 0.3) is 0 Å². The molecular weight excluding hydrogens is 412 g/mol. The number of hydrogen-bond donors (Lipinski definition) is 0. The molecule has 4 rings (SSSR count). The van der Waals surface area contributed by atoms with Crippen LogP contribution in [-0.4, -0.2) is 40.3 Å². The molecule has 0 aliphatic carbocycles. The minimum Gasteiger partial charge on any atom is -0.487 e. The van der Waals surface area contributed by atoms with Crippen molar-refractivity contribution in [2.45, 2.75) is 50.6 Å². The van der Waals surface area contributed by atoms with Gasteiger partial charge in [0.05, 0.1) is 11.9 Å². The van der Waals surface area contributed by atoms with Crippen molar-refractivity contribution < 1.29 is 13.2 Å². The van der Waals surface area contributed by atoms with Crippen molar-refractivity contribution in [3.05, 3.63) is 78.1 Å². The van der Waals surface area contributed by atoms with Crippen LogP contribution in [0, 0.1) is 0 Å². The number of piperidine rings is 1. The van der Waals surface area contributed by atoms with Crippen LogP contribution >= 0.6 is 0 Å². The van der Waals surface area contributed by atoms with E-state index >= 15 is 0 Å². The maximum absolute atomic E-state index is 13.1. The number of rotatable bonds is 9. The predicted octanol–water partition coefficient (Wildman–Crippen LogP) is 3.63. The van der Waals surface area contributed by atoms with Gasteiger partial charge in [-0.3, -0.25) is 4.68 Å². The maximum atomic E-state index is 13.1. The molecule has 1 fully saturated rings. The van der Waals surface area contributed by atoms with Gasteiger partial charge >= 0.3 is 0 Å². The van der Waals surface area contributed by atoms with Crippen LogP contribution in [0.5, 0.6) is 5.75 Å². The molecular formula is C23H28N4O3S. The van der Waals surface area contributed by atoms with Crippen molar-refractivity contribution in [1.82, 2.24) is 19.3 Å². The van der Waals surface area contributed by atoms with Crippen LogP contribution in [-0.2, 0) is 28.9 Å². The lowest BCUT2D eigenvalue weighted by Crippen LogP contribution is -2.44. The Kier molecular flexibility index (Phi) is 6.99. The summed E-state index contributed by atoms with van der Waals surface area (Å²) in [4.78, 5) is 0. The summed E-state index contributed by atoms with van der Waals surface area (Å²) in [6.45, 7) is 1.57. The van der Waals surface area contributed by atoms with Crippen LogP contribution in [0.1, 0.15) is 36.9 Å². The minimum atomic E-state index is -3.36. The molecule has 0 amide bonds. The van der Waals surface area contributed by atoms with Gasteiger partial charge in [0.1, 0.15) is 18.1 Å². The highest BCUT2D eigenvalue weighted by molar-refractivity contribution is 7.88. The molecule has 0 N–H and O–H groups in total. The molecule has 1 aliphatic heterocycles. The molecule has 2 heterocycles. The van der Waals surface area contributed by atoms with E-state index in [1.165, 1.54) is 0 Å². The van der Waals surface area contributed by atoms with Crippen molar-refractivity contribution >= 4 is 10.0 Å². The van der Waals surface area contributed by atoms with Crippen LogP contribution < -0.4 is 4.74 Å². The van der Waals surface area contributed by atoms with Crippen LogP contribution in [0.15, 0.2) is 66.9 Å². The molecule has 1 atom stereocenters. The van der Waals surface area contributed by atoms with Gasteiger partial charge in [0.2, 0.25) is 10.0 Å². The minimum absolute atomic E-state index is 0.00400. The smallest absolute Gasteiger partial charge is 0.218 e. The highest BCUT2D eigenvalue weighted by Gasteiger charge is 2.32. The number of ether oxygens (including phenoxy) is 1. The van der Waals surface area contributed by atoms with Crippen molar-refractivity contribution in [2.75, 3.05) is 6.54 Å². The first-order valence-corrected chi connectivity index (χ1v) is 12.3. The van der Waals surface area contributed by atoms with Gasteiger partial charge in [-0.1, -0.05) is 60.2 Å². The van der Waals surface area contributed by atoms with E-state index in [4.69, 9.17) is 4.74 Å². The molecule has 7 nitrogen and oxygen atoms in total. The Bertz CT molecular complexity index is 1050. The zero-order valence-electron chi connectivity index (χ0n) is 17.5. The molecule has 0 radical (unpaired) electrons. The highest BCUT2D eigenvalue weighted by Crippen LogP contribution is 2.25. The first-order valence-electron chi connectivity index (χ1n) is 10.7. The lowest BCUT2D eigenvalue weighted by atomic mass is 10.0. The standard InChI is InChI=1S/C23H28N4O3S/c28-31(29,19-20-9-3-1-4-10-20)27-15-8-7-11-22(27)14-16-26-17-21(24-25-26)18-30-23-12-5-2-6-13-23/h1-6,9-10,12-13,17,22H,7-8,11,14-16,18-19H2. The second-order valence-electron chi connectivity index (χ2n) is 7.87. The van der Waals surface area contributed by atoms with Gasteiger partial charge in [-0.25, -0.2) is 8.42 Å². The van der Waals surface area contributed by atoms with E-state index in [2.05, 4.69) is 10.3 Å². The normalized spacial score (nSPS) is 17.5. The van der Waals surface area contributed by atoms with Crippen molar-refractivity contribution in [2.24, 2.45) is 0 Å². The lowest BCUT2D eigenvalue weighted by molar-refractivity contribution is 0.231. The molecule has 2 aromatic carbocycles. The molecule has 164 valence electrons. The average Bonchev–Trinajstić information content (AvgIpc) is 3.25. The number of para-hydroxylation sites is 1. The first-order chi connectivity index (χ1) is 15.1. The van der Waals surface area contributed by atoms with E-state index in [0.717, 1.165) is 42.7 Å². The number of aryl methyl sites for hydroxylation is 1. The van der Waals surface area contributed by atoms with Crippen molar-refractivity contribution in [3.8, 4) is 5.75 Å². The SMILES string of the molecule is O=S(=O)(Cc1ccccc1)N1CCCCC1CCn1cc(COc2ccccc2)nn1. The Balaban J connectivity index is 1.34. The highest BCUT2D eigenvalue weighted by atomic mass is 32.2. The zero-order valence-corrected chi connectivity index (χ0v) is 18.3. The molecule has 1 aromatic heterocycles. The summed E-state index contributed by atoms with van der Waals surface area (Å²) in [6, 6.07) is 19.0. The fraction of sp³-hybridized carbons (Fsp3) is 0.391. The number of sulfonamides is 1. The summed E-state index contributed by atoms with van der Waals surface area (Å²) >= 11 is 0. The van der Waals surface area contributed by atoms with E-state index < -0.39 is 10.0 Å². The second kappa shape index (κ2) is 10.1. The van der Waals surface area contributed by atoms with Gasteiger partial charge in [-0.2, -0.15) is 4.31 Å². The fourth-order valence-electron chi connectivity index (χ4n) is 3.97. The Morgan fingerprint density at radius 3 is 2.52 bits per heavy atom. The molecule has 1 unspecified atom stereocenters. The number of aromatic nitrogens is 3. The Morgan fingerprint density at radius 1 is 1.00 bits per heavy atom. The lowest BCUT2D eigenvalue weighted by Gasteiger charge is -2.34. The molecule has 8 heteroatoms. The van der Waals surface area contributed by atoms with E-state index in [0.29, 0.717) is 19.7 Å². The largest absolute Gasteiger partial charge is 0.487 e. The summed E-state index contributed by atoms with van der Waals surface area (Å²) in [5.74, 6) is 0.841. The molecule has 3 aromatic rings. The predicted molar refractivity (Wildman–Crippen MR) is 119 cm³/mol. The van der Waals surface area contributed by atoms with Gasteiger partial charge in [-0.15, -0.1) is 5.10 Å². The second-order valence-corrected chi connectivity index (χ2v) is 9.79. The third kappa shape index (κ3) is 5.92. The van der Waals surface area contributed by atoms with E-state index in [9.17, 15) is 8.42 Å². The maximum Gasteiger partial charge on any atom is 0.218 e. The van der Waals surface area contributed by atoms with Gasteiger partial charge in [0.25, 0.3) is 0 Å². The van der Waals surface area contributed by atoms with E-state index in [-0.39, 0.29) is 11.8 Å². The summed E-state index contributed by atoms with van der Waals surface area (Å²) in [5, 5.41) is 8.36. The van der Waals surface area contributed by atoms with Crippen molar-refractivity contribution in [3.63, 3.8) is 0 Å². The molecule has 0 bridgehead atoms. The third-order valence-electron chi connectivity index (χ3n) is 5.53. The van der Waals surface area contributed by atoms with E-state index in [1.54, 1.807) is 8.99 Å². The fourth-order valence-corrected chi connectivity index (χ4v) is 5.82.